The van der Waals surface area contributed by atoms with Gasteiger partial charge in [0.1, 0.15) is 5.01 Å². The van der Waals surface area contributed by atoms with Gasteiger partial charge in [0, 0.05) is 36.1 Å². The number of benzene rings is 1. The molecule has 1 aliphatic rings. The molecule has 4 nitrogen and oxygen atoms in total. The summed E-state index contributed by atoms with van der Waals surface area (Å²) in [5.74, 6) is 0. The van der Waals surface area contributed by atoms with Crippen molar-refractivity contribution in [2.24, 2.45) is 5.73 Å². The lowest BCUT2D eigenvalue weighted by atomic mass is 9.81. The van der Waals surface area contributed by atoms with Crippen LogP contribution in [0.25, 0.3) is 11.3 Å². The first kappa shape index (κ1) is 14.2. The van der Waals surface area contributed by atoms with Gasteiger partial charge < -0.3 is 10.5 Å². The van der Waals surface area contributed by atoms with Crippen LogP contribution in [-0.2, 0) is 10.2 Å². The van der Waals surface area contributed by atoms with E-state index in [4.69, 9.17) is 20.7 Å². The molecule has 1 saturated heterocycles. The summed E-state index contributed by atoms with van der Waals surface area (Å²) in [5.41, 5.74) is 8.66. The highest BCUT2D eigenvalue weighted by Crippen LogP contribution is 2.37. The predicted octanol–water partition coefficient (Wildman–Crippen LogP) is 2.69. The predicted molar refractivity (Wildman–Crippen MR) is 83.1 cm³/mol. The number of rotatable bonds is 3. The molecule has 1 aliphatic heterocycles. The Hall–Kier alpha value is -1.74. The van der Waals surface area contributed by atoms with Crippen molar-refractivity contribution in [2.75, 3.05) is 19.8 Å². The zero-order valence-electron chi connectivity index (χ0n) is 11.7. The first-order chi connectivity index (χ1) is 10.3. The molecular formula is C16H17N3OS. The lowest BCUT2D eigenvalue weighted by Crippen LogP contribution is -2.40. The number of nitrogens with two attached hydrogens (primary N) is 1. The number of thiazole rings is 1. The molecule has 0 atom stereocenters. The standard InChI is InChI=1S/C16H17N3OS/c17-9-12-1-3-13(4-2-12)14-10-21-15(19-14)16(11-18)5-7-20-8-6-16/h1-4,10H,5-8,11,18H2. The van der Waals surface area contributed by atoms with Crippen LogP contribution in [0.15, 0.2) is 29.6 Å². The van der Waals surface area contributed by atoms with E-state index in [0.29, 0.717) is 12.1 Å². The number of nitriles is 1. The van der Waals surface area contributed by atoms with Gasteiger partial charge in [-0.25, -0.2) is 4.98 Å². The third-order valence-electron chi connectivity index (χ3n) is 4.11. The Morgan fingerprint density at radius 1 is 1.29 bits per heavy atom. The van der Waals surface area contributed by atoms with Crippen molar-refractivity contribution in [3.8, 4) is 17.3 Å². The molecule has 0 aliphatic carbocycles. The molecule has 2 aromatic rings. The molecule has 2 N–H and O–H groups in total. The Morgan fingerprint density at radius 2 is 2.00 bits per heavy atom. The Bertz CT molecular complexity index is 651. The molecule has 0 bridgehead atoms. The maximum Gasteiger partial charge on any atom is 0.101 e. The zero-order chi connectivity index (χ0) is 14.7. The van der Waals surface area contributed by atoms with E-state index in [-0.39, 0.29) is 5.41 Å². The number of aromatic nitrogens is 1. The van der Waals surface area contributed by atoms with Crippen molar-refractivity contribution >= 4 is 11.3 Å². The third kappa shape index (κ3) is 2.70. The number of nitrogens with zero attached hydrogens (tertiary/aromatic N) is 2. The molecule has 2 heterocycles. The molecule has 1 aromatic carbocycles. The first-order valence-corrected chi connectivity index (χ1v) is 7.90. The first-order valence-electron chi connectivity index (χ1n) is 7.02. The largest absolute Gasteiger partial charge is 0.381 e. The van der Waals surface area contributed by atoms with E-state index in [1.807, 2.05) is 24.3 Å². The van der Waals surface area contributed by atoms with Crippen LogP contribution in [0, 0.1) is 11.3 Å². The van der Waals surface area contributed by atoms with Crippen LogP contribution >= 0.6 is 11.3 Å². The third-order valence-corrected chi connectivity index (χ3v) is 5.20. The molecule has 1 fully saturated rings. The van der Waals surface area contributed by atoms with Crippen LogP contribution < -0.4 is 5.73 Å². The molecule has 0 unspecified atom stereocenters. The van der Waals surface area contributed by atoms with Gasteiger partial charge in [-0.2, -0.15) is 5.26 Å². The normalized spacial score (nSPS) is 17.3. The van der Waals surface area contributed by atoms with Crippen LogP contribution in [0.1, 0.15) is 23.4 Å². The van der Waals surface area contributed by atoms with Gasteiger partial charge in [0.05, 0.1) is 17.3 Å². The maximum absolute atomic E-state index is 8.85. The fourth-order valence-electron chi connectivity index (χ4n) is 2.63. The summed E-state index contributed by atoms with van der Waals surface area (Å²) in [6.07, 6.45) is 1.87. The van der Waals surface area contributed by atoms with Gasteiger partial charge in [-0.1, -0.05) is 12.1 Å². The van der Waals surface area contributed by atoms with E-state index in [0.717, 1.165) is 42.3 Å². The van der Waals surface area contributed by atoms with E-state index in [2.05, 4.69) is 11.4 Å². The molecule has 0 amide bonds. The van der Waals surface area contributed by atoms with Gasteiger partial charge in [-0.15, -0.1) is 11.3 Å². The summed E-state index contributed by atoms with van der Waals surface area (Å²) in [7, 11) is 0. The van der Waals surface area contributed by atoms with E-state index in [1.54, 1.807) is 11.3 Å². The summed E-state index contributed by atoms with van der Waals surface area (Å²) < 4.78 is 5.46. The monoisotopic (exact) mass is 299 g/mol. The number of hydrogen-bond donors (Lipinski definition) is 1. The second-order valence-electron chi connectivity index (χ2n) is 5.32. The topological polar surface area (TPSA) is 71.9 Å². The van der Waals surface area contributed by atoms with Crippen LogP contribution in [0.2, 0.25) is 0 Å². The summed E-state index contributed by atoms with van der Waals surface area (Å²) in [6, 6.07) is 9.65. The molecule has 0 spiro atoms. The van der Waals surface area contributed by atoms with E-state index in [1.165, 1.54) is 0 Å². The van der Waals surface area contributed by atoms with Crippen LogP contribution in [0.3, 0.4) is 0 Å². The highest BCUT2D eigenvalue weighted by Gasteiger charge is 2.35. The maximum atomic E-state index is 8.85. The summed E-state index contributed by atoms with van der Waals surface area (Å²) in [4.78, 5) is 4.80. The van der Waals surface area contributed by atoms with Crippen LogP contribution in [0.5, 0.6) is 0 Å². The van der Waals surface area contributed by atoms with Gasteiger partial charge in [0.15, 0.2) is 0 Å². The Kier molecular flexibility index (Phi) is 4.02. The number of ether oxygens (including phenoxy) is 1. The molecule has 3 rings (SSSR count). The minimum absolute atomic E-state index is 0.0340. The lowest BCUT2D eigenvalue weighted by Gasteiger charge is -2.34. The number of hydrogen-bond acceptors (Lipinski definition) is 5. The molecular weight excluding hydrogens is 282 g/mol. The van der Waals surface area contributed by atoms with Gasteiger partial charge in [-0.05, 0) is 25.0 Å². The van der Waals surface area contributed by atoms with E-state index < -0.39 is 0 Å². The summed E-state index contributed by atoms with van der Waals surface area (Å²) in [6.45, 7) is 2.11. The second-order valence-corrected chi connectivity index (χ2v) is 6.18. The van der Waals surface area contributed by atoms with Crippen molar-refractivity contribution in [3.05, 3.63) is 40.2 Å². The van der Waals surface area contributed by atoms with Gasteiger partial charge in [0.2, 0.25) is 0 Å². The van der Waals surface area contributed by atoms with Gasteiger partial charge in [-0.3, -0.25) is 0 Å². The quantitative estimate of drug-likeness (QED) is 0.945. The zero-order valence-corrected chi connectivity index (χ0v) is 12.5. The summed E-state index contributed by atoms with van der Waals surface area (Å²) in [5, 5.41) is 12.0. The highest BCUT2D eigenvalue weighted by molar-refractivity contribution is 7.10. The fourth-order valence-corrected chi connectivity index (χ4v) is 3.73. The Morgan fingerprint density at radius 3 is 2.62 bits per heavy atom. The average molecular weight is 299 g/mol. The van der Waals surface area contributed by atoms with Gasteiger partial charge >= 0.3 is 0 Å². The minimum Gasteiger partial charge on any atom is -0.381 e. The molecule has 0 radical (unpaired) electrons. The Balaban J connectivity index is 1.90. The van der Waals surface area contributed by atoms with E-state index >= 15 is 0 Å². The van der Waals surface area contributed by atoms with Gasteiger partial charge in [0.25, 0.3) is 0 Å². The Labute approximate surface area is 128 Å². The molecule has 21 heavy (non-hydrogen) atoms. The van der Waals surface area contributed by atoms with Crippen molar-refractivity contribution < 1.29 is 4.74 Å². The summed E-state index contributed by atoms with van der Waals surface area (Å²) >= 11 is 1.67. The average Bonchev–Trinajstić information content (AvgIpc) is 3.06. The van der Waals surface area contributed by atoms with Crippen LogP contribution in [0.4, 0.5) is 0 Å². The highest BCUT2D eigenvalue weighted by atomic mass is 32.1. The smallest absolute Gasteiger partial charge is 0.101 e. The van der Waals surface area contributed by atoms with E-state index in [9.17, 15) is 0 Å². The van der Waals surface area contributed by atoms with Crippen molar-refractivity contribution in [2.45, 2.75) is 18.3 Å². The SMILES string of the molecule is N#Cc1ccc(-c2csc(C3(CN)CCOCC3)n2)cc1. The van der Waals surface area contributed by atoms with Crippen LogP contribution in [-0.4, -0.2) is 24.7 Å². The van der Waals surface area contributed by atoms with Crippen molar-refractivity contribution in [3.63, 3.8) is 0 Å². The second kappa shape index (κ2) is 5.94. The minimum atomic E-state index is -0.0340. The molecule has 108 valence electrons. The van der Waals surface area contributed by atoms with Crippen molar-refractivity contribution in [1.82, 2.24) is 4.98 Å². The molecule has 5 heteroatoms. The molecule has 0 saturated carbocycles. The fraction of sp³-hybridized carbons (Fsp3) is 0.375. The van der Waals surface area contributed by atoms with Crippen molar-refractivity contribution in [1.29, 1.82) is 5.26 Å². The lowest BCUT2D eigenvalue weighted by molar-refractivity contribution is 0.0529. The molecule has 1 aromatic heterocycles.